The van der Waals surface area contributed by atoms with Gasteiger partial charge in [0.15, 0.2) is 0 Å². The van der Waals surface area contributed by atoms with Crippen molar-refractivity contribution in [2.45, 2.75) is 46.7 Å². The molecule has 17 heavy (non-hydrogen) atoms. The van der Waals surface area contributed by atoms with Gasteiger partial charge >= 0.3 is 0 Å². The highest BCUT2D eigenvalue weighted by molar-refractivity contribution is 7.89. The fraction of sp³-hybridized carbons (Fsp3) is 1.00. The van der Waals surface area contributed by atoms with Gasteiger partial charge in [-0.25, -0.2) is 8.42 Å². The van der Waals surface area contributed by atoms with Gasteiger partial charge in [-0.2, -0.15) is 4.31 Å². The van der Waals surface area contributed by atoms with Gasteiger partial charge < -0.3 is 5.32 Å². The van der Waals surface area contributed by atoms with Crippen molar-refractivity contribution >= 4 is 22.4 Å². The van der Waals surface area contributed by atoms with Crippen LogP contribution in [0.25, 0.3) is 0 Å². The molecule has 1 heterocycles. The molecule has 4 nitrogen and oxygen atoms in total. The molecule has 0 amide bonds. The first kappa shape index (κ1) is 17.2. The van der Waals surface area contributed by atoms with Crippen molar-refractivity contribution in [3.05, 3.63) is 0 Å². The van der Waals surface area contributed by atoms with Crippen molar-refractivity contribution < 1.29 is 8.42 Å². The monoisotopic (exact) mass is 284 g/mol. The molecule has 0 saturated carbocycles. The van der Waals surface area contributed by atoms with Crippen molar-refractivity contribution in [3.8, 4) is 0 Å². The lowest BCUT2D eigenvalue weighted by Crippen LogP contribution is -2.56. The van der Waals surface area contributed by atoms with Crippen molar-refractivity contribution in [1.82, 2.24) is 9.62 Å². The molecule has 0 aliphatic carbocycles. The van der Waals surface area contributed by atoms with Gasteiger partial charge in [-0.1, -0.05) is 20.8 Å². The molecule has 2 atom stereocenters. The van der Waals surface area contributed by atoms with Gasteiger partial charge in [0.05, 0.1) is 5.75 Å². The third-order valence-electron chi connectivity index (χ3n) is 2.53. The molecule has 1 fully saturated rings. The number of hydrogen-bond acceptors (Lipinski definition) is 3. The summed E-state index contributed by atoms with van der Waals surface area (Å²) < 4.78 is 26.0. The van der Waals surface area contributed by atoms with E-state index in [1.807, 2.05) is 34.6 Å². The van der Waals surface area contributed by atoms with E-state index in [4.69, 9.17) is 0 Å². The fourth-order valence-electron chi connectivity index (χ4n) is 2.14. The van der Waals surface area contributed by atoms with Crippen LogP contribution in [0, 0.1) is 5.41 Å². The number of sulfonamides is 1. The summed E-state index contributed by atoms with van der Waals surface area (Å²) in [6.45, 7) is 11.1. The minimum absolute atomic E-state index is 0. The SMILES string of the molecule is CC1CN(S(=O)(=O)CC(C)(C)C)CC(C)N1.Cl. The molecule has 2 unspecified atom stereocenters. The molecule has 0 bridgehead atoms. The summed E-state index contributed by atoms with van der Waals surface area (Å²) >= 11 is 0. The Balaban J connectivity index is 0.00000256. The van der Waals surface area contributed by atoms with E-state index < -0.39 is 10.0 Å². The minimum Gasteiger partial charge on any atom is -0.309 e. The topological polar surface area (TPSA) is 49.4 Å². The van der Waals surface area contributed by atoms with E-state index in [-0.39, 0.29) is 35.7 Å². The van der Waals surface area contributed by atoms with Gasteiger partial charge in [-0.05, 0) is 19.3 Å². The van der Waals surface area contributed by atoms with Gasteiger partial charge in [0.1, 0.15) is 0 Å². The maximum absolute atomic E-state index is 12.2. The zero-order valence-corrected chi connectivity index (χ0v) is 13.0. The van der Waals surface area contributed by atoms with E-state index in [0.29, 0.717) is 13.1 Å². The molecule has 0 radical (unpaired) electrons. The van der Waals surface area contributed by atoms with Crippen molar-refractivity contribution in [2.24, 2.45) is 5.41 Å². The van der Waals surface area contributed by atoms with Gasteiger partial charge in [0.2, 0.25) is 10.0 Å². The van der Waals surface area contributed by atoms with Gasteiger partial charge in [-0.3, -0.25) is 0 Å². The molecule has 1 saturated heterocycles. The fourth-order valence-corrected chi connectivity index (χ4v) is 4.32. The zero-order chi connectivity index (χ0) is 12.6. The maximum Gasteiger partial charge on any atom is 0.214 e. The molecule has 0 aromatic heterocycles. The summed E-state index contributed by atoms with van der Waals surface area (Å²) in [6, 6.07) is 0.469. The Morgan fingerprint density at radius 3 is 1.94 bits per heavy atom. The summed E-state index contributed by atoms with van der Waals surface area (Å²) in [5, 5.41) is 3.34. The lowest BCUT2D eigenvalue weighted by molar-refractivity contribution is 0.259. The molecular formula is C11H25ClN2O2S. The van der Waals surface area contributed by atoms with Crippen LogP contribution >= 0.6 is 12.4 Å². The Labute approximate surface area is 112 Å². The van der Waals surface area contributed by atoms with Crippen molar-refractivity contribution in [3.63, 3.8) is 0 Å². The normalized spacial score (nSPS) is 27.6. The lowest BCUT2D eigenvalue weighted by atomic mass is 10.0. The highest BCUT2D eigenvalue weighted by atomic mass is 35.5. The van der Waals surface area contributed by atoms with E-state index >= 15 is 0 Å². The molecule has 104 valence electrons. The van der Waals surface area contributed by atoms with Crippen LogP contribution in [0.2, 0.25) is 0 Å². The van der Waals surface area contributed by atoms with Crippen LogP contribution in [-0.4, -0.2) is 43.6 Å². The first-order chi connectivity index (χ1) is 7.10. The van der Waals surface area contributed by atoms with E-state index in [2.05, 4.69) is 5.32 Å². The van der Waals surface area contributed by atoms with Crippen molar-refractivity contribution in [2.75, 3.05) is 18.8 Å². The van der Waals surface area contributed by atoms with Crippen LogP contribution in [0.15, 0.2) is 0 Å². The molecule has 1 aliphatic heterocycles. The average molecular weight is 285 g/mol. The first-order valence-electron chi connectivity index (χ1n) is 5.84. The summed E-state index contributed by atoms with van der Waals surface area (Å²) in [7, 11) is -3.11. The second-order valence-corrected chi connectivity index (χ2v) is 8.07. The number of piperazine rings is 1. The number of nitrogens with one attached hydrogen (secondary N) is 1. The third kappa shape index (κ3) is 5.55. The van der Waals surface area contributed by atoms with Crippen LogP contribution in [0.3, 0.4) is 0 Å². The first-order valence-corrected chi connectivity index (χ1v) is 7.45. The largest absolute Gasteiger partial charge is 0.309 e. The van der Waals surface area contributed by atoms with E-state index in [0.717, 1.165) is 0 Å². The van der Waals surface area contributed by atoms with Crippen LogP contribution in [0.1, 0.15) is 34.6 Å². The van der Waals surface area contributed by atoms with E-state index in [9.17, 15) is 8.42 Å². The average Bonchev–Trinajstić information content (AvgIpc) is 1.96. The summed E-state index contributed by atoms with van der Waals surface area (Å²) in [5.41, 5.74) is -0.184. The predicted octanol–water partition coefficient (Wildman–Crippen LogP) is 1.47. The highest BCUT2D eigenvalue weighted by Gasteiger charge is 2.32. The van der Waals surface area contributed by atoms with Crippen LogP contribution in [0.4, 0.5) is 0 Å². The standard InChI is InChI=1S/C11H24N2O2S.ClH/c1-9-6-13(7-10(2)12-9)16(14,15)8-11(3,4)5;/h9-10,12H,6-8H2,1-5H3;1H. The Hall–Kier alpha value is 0.160. The highest BCUT2D eigenvalue weighted by Crippen LogP contribution is 2.20. The smallest absolute Gasteiger partial charge is 0.214 e. The maximum atomic E-state index is 12.2. The van der Waals surface area contributed by atoms with Crippen LogP contribution in [-0.2, 0) is 10.0 Å². The molecular weight excluding hydrogens is 260 g/mol. The molecule has 1 aliphatic rings. The molecule has 1 N–H and O–H groups in total. The van der Waals surface area contributed by atoms with E-state index in [1.165, 1.54) is 0 Å². The number of nitrogens with zero attached hydrogens (tertiary/aromatic N) is 1. The molecule has 0 spiro atoms. The molecule has 1 rings (SSSR count). The third-order valence-corrected chi connectivity index (χ3v) is 4.85. The number of rotatable bonds is 2. The molecule has 6 heteroatoms. The Morgan fingerprint density at radius 1 is 1.18 bits per heavy atom. The van der Waals surface area contributed by atoms with Crippen molar-refractivity contribution in [1.29, 1.82) is 0 Å². The molecule has 0 aromatic rings. The number of halogens is 1. The Bertz CT molecular complexity index is 328. The van der Waals surface area contributed by atoms with Crippen LogP contribution < -0.4 is 5.32 Å². The van der Waals surface area contributed by atoms with Gasteiger partial charge in [0.25, 0.3) is 0 Å². The predicted molar refractivity (Wildman–Crippen MR) is 74.1 cm³/mol. The summed E-state index contributed by atoms with van der Waals surface area (Å²) in [6.07, 6.45) is 0. The molecule has 0 aromatic carbocycles. The summed E-state index contributed by atoms with van der Waals surface area (Å²) in [4.78, 5) is 0. The zero-order valence-electron chi connectivity index (χ0n) is 11.4. The minimum atomic E-state index is -3.11. The van der Waals surface area contributed by atoms with Crippen LogP contribution in [0.5, 0.6) is 0 Å². The Kier molecular flexibility index (Phi) is 5.92. The quantitative estimate of drug-likeness (QED) is 0.835. The second kappa shape index (κ2) is 5.87. The Morgan fingerprint density at radius 2 is 1.59 bits per heavy atom. The second-order valence-electron chi connectivity index (χ2n) is 6.10. The lowest BCUT2D eigenvalue weighted by Gasteiger charge is -2.36. The van der Waals surface area contributed by atoms with Gasteiger partial charge in [0, 0.05) is 25.2 Å². The van der Waals surface area contributed by atoms with Gasteiger partial charge in [-0.15, -0.1) is 12.4 Å². The number of hydrogen-bond donors (Lipinski definition) is 1. The summed E-state index contributed by atoms with van der Waals surface area (Å²) in [5.74, 6) is 0.222. The van der Waals surface area contributed by atoms with E-state index in [1.54, 1.807) is 4.31 Å².